The van der Waals surface area contributed by atoms with Gasteiger partial charge in [0.1, 0.15) is 12.3 Å². The molecule has 0 saturated heterocycles. The van der Waals surface area contributed by atoms with E-state index in [0.29, 0.717) is 36.4 Å². The fourth-order valence-electron chi connectivity index (χ4n) is 1.49. The number of anilines is 2. The van der Waals surface area contributed by atoms with E-state index in [1.165, 1.54) is 0 Å². The maximum atomic E-state index is 6.03. The van der Waals surface area contributed by atoms with Crippen LogP contribution in [0.4, 0.5) is 11.5 Å². The summed E-state index contributed by atoms with van der Waals surface area (Å²) in [4.78, 5) is 8.62. The number of nitrogens with one attached hydrogen (secondary N) is 1. The summed E-state index contributed by atoms with van der Waals surface area (Å²) in [7, 11) is 1.60. The van der Waals surface area contributed by atoms with Crippen LogP contribution in [-0.4, -0.2) is 29.7 Å². The minimum Gasteiger partial charge on any atom is -0.476 e. The molecule has 0 bridgehead atoms. The third-order valence-corrected chi connectivity index (χ3v) is 2.39. The van der Waals surface area contributed by atoms with Gasteiger partial charge < -0.3 is 20.5 Å². The van der Waals surface area contributed by atoms with Crippen molar-refractivity contribution in [3.05, 3.63) is 5.82 Å². The molecule has 0 aromatic carbocycles. The first-order chi connectivity index (χ1) is 9.08. The van der Waals surface area contributed by atoms with Crippen LogP contribution in [0.3, 0.4) is 0 Å². The molecule has 1 heterocycles. The summed E-state index contributed by atoms with van der Waals surface area (Å²) in [6, 6.07) is 0.232. The maximum Gasteiger partial charge on any atom is 0.242 e. The average Bonchev–Trinajstić information content (AvgIpc) is 2.34. The van der Waals surface area contributed by atoms with Gasteiger partial charge in [0.2, 0.25) is 5.88 Å². The van der Waals surface area contributed by atoms with Crippen LogP contribution < -0.4 is 15.8 Å². The quantitative estimate of drug-likeness (QED) is 0.703. The summed E-state index contributed by atoms with van der Waals surface area (Å²) in [6.45, 7) is 7.08. The molecule has 0 spiro atoms. The molecule has 0 amide bonds. The highest BCUT2D eigenvalue weighted by Crippen LogP contribution is 2.27. The van der Waals surface area contributed by atoms with Gasteiger partial charge in [-0.25, -0.2) is 4.98 Å². The van der Waals surface area contributed by atoms with Crippen LogP contribution in [0, 0.1) is 0 Å². The van der Waals surface area contributed by atoms with Crippen LogP contribution in [0.5, 0.6) is 5.88 Å². The molecule has 6 nitrogen and oxygen atoms in total. The number of methoxy groups -OCH3 is 1. The van der Waals surface area contributed by atoms with Crippen molar-refractivity contribution in [2.24, 2.45) is 0 Å². The van der Waals surface area contributed by atoms with E-state index >= 15 is 0 Å². The zero-order chi connectivity index (χ0) is 14.3. The molecule has 0 aliphatic carbocycles. The molecule has 0 atom stereocenters. The molecule has 0 unspecified atom stereocenters. The number of hydrogen-bond acceptors (Lipinski definition) is 6. The number of unbranched alkanes of at least 4 members (excludes halogenated alkanes) is 1. The first kappa shape index (κ1) is 15.5. The van der Waals surface area contributed by atoms with Gasteiger partial charge in [-0.05, 0) is 20.3 Å². The van der Waals surface area contributed by atoms with Gasteiger partial charge in [0.05, 0.1) is 6.61 Å². The zero-order valence-electron chi connectivity index (χ0n) is 12.2. The van der Waals surface area contributed by atoms with Gasteiger partial charge >= 0.3 is 0 Å². The monoisotopic (exact) mass is 268 g/mol. The highest BCUT2D eigenvalue weighted by atomic mass is 16.5. The predicted molar refractivity (Wildman–Crippen MR) is 76.3 cm³/mol. The Balaban J connectivity index is 2.95. The van der Waals surface area contributed by atoms with Gasteiger partial charge in [-0.1, -0.05) is 13.3 Å². The lowest BCUT2D eigenvalue weighted by molar-refractivity contribution is 0.176. The third-order valence-electron chi connectivity index (χ3n) is 2.39. The highest BCUT2D eigenvalue weighted by molar-refractivity contribution is 5.67. The molecular formula is C13H24N4O2. The second kappa shape index (κ2) is 7.78. The minimum atomic E-state index is 0.232. The summed E-state index contributed by atoms with van der Waals surface area (Å²) < 4.78 is 10.7. The van der Waals surface area contributed by atoms with Crippen LogP contribution in [0.1, 0.15) is 39.4 Å². The van der Waals surface area contributed by atoms with Crippen LogP contribution in [-0.2, 0) is 11.3 Å². The van der Waals surface area contributed by atoms with Crippen LogP contribution in [0.2, 0.25) is 0 Å². The summed E-state index contributed by atoms with van der Waals surface area (Å²) >= 11 is 0. The Morgan fingerprint density at radius 1 is 1.32 bits per heavy atom. The van der Waals surface area contributed by atoms with E-state index < -0.39 is 0 Å². The van der Waals surface area contributed by atoms with E-state index in [1.807, 2.05) is 13.8 Å². The van der Waals surface area contributed by atoms with Crippen LogP contribution in [0.15, 0.2) is 0 Å². The van der Waals surface area contributed by atoms with E-state index in [-0.39, 0.29) is 6.04 Å². The number of aromatic nitrogens is 2. The Labute approximate surface area is 114 Å². The molecule has 0 fully saturated rings. The van der Waals surface area contributed by atoms with Crippen molar-refractivity contribution in [1.29, 1.82) is 0 Å². The van der Waals surface area contributed by atoms with Gasteiger partial charge in [-0.2, -0.15) is 4.98 Å². The minimum absolute atomic E-state index is 0.232. The fraction of sp³-hybridized carbons (Fsp3) is 0.692. The SMILES string of the molecule is CCCCOc1nc(COC)nc(NC(C)C)c1N. The van der Waals surface area contributed by atoms with Crippen molar-refractivity contribution in [2.45, 2.75) is 46.3 Å². The smallest absolute Gasteiger partial charge is 0.242 e. The molecule has 1 rings (SSSR count). The van der Waals surface area contributed by atoms with Gasteiger partial charge in [-0.3, -0.25) is 0 Å². The lowest BCUT2D eigenvalue weighted by Gasteiger charge is -2.15. The van der Waals surface area contributed by atoms with Gasteiger partial charge in [0, 0.05) is 13.2 Å². The van der Waals surface area contributed by atoms with E-state index in [9.17, 15) is 0 Å². The van der Waals surface area contributed by atoms with Gasteiger partial charge in [0.15, 0.2) is 11.6 Å². The Kier molecular flexibility index (Phi) is 6.35. The molecule has 108 valence electrons. The normalized spacial score (nSPS) is 10.8. The fourth-order valence-corrected chi connectivity index (χ4v) is 1.49. The highest BCUT2D eigenvalue weighted by Gasteiger charge is 2.13. The van der Waals surface area contributed by atoms with Crippen molar-refractivity contribution in [3.63, 3.8) is 0 Å². The standard InChI is InChI=1S/C13H24N4O2/c1-5-6-7-19-13-11(14)12(15-9(2)3)16-10(17-13)8-18-4/h9H,5-8,14H2,1-4H3,(H,15,16,17). The number of nitrogens with zero attached hydrogens (tertiary/aromatic N) is 2. The Bertz CT molecular complexity index is 396. The summed E-state index contributed by atoms with van der Waals surface area (Å²) in [5.41, 5.74) is 6.47. The van der Waals surface area contributed by atoms with Crippen LogP contribution >= 0.6 is 0 Å². The summed E-state index contributed by atoms with van der Waals surface area (Å²) in [6.07, 6.45) is 2.03. The number of hydrogen-bond donors (Lipinski definition) is 2. The number of nitrogen functional groups attached to an aromatic ring is 1. The molecule has 6 heteroatoms. The molecule has 19 heavy (non-hydrogen) atoms. The lowest BCUT2D eigenvalue weighted by Crippen LogP contribution is -2.16. The Morgan fingerprint density at radius 3 is 2.63 bits per heavy atom. The molecule has 3 N–H and O–H groups in total. The zero-order valence-corrected chi connectivity index (χ0v) is 12.2. The Morgan fingerprint density at radius 2 is 2.05 bits per heavy atom. The van der Waals surface area contributed by atoms with Gasteiger partial charge in [0.25, 0.3) is 0 Å². The van der Waals surface area contributed by atoms with Gasteiger partial charge in [-0.15, -0.1) is 0 Å². The first-order valence-corrected chi connectivity index (χ1v) is 6.63. The van der Waals surface area contributed by atoms with Crippen LogP contribution in [0.25, 0.3) is 0 Å². The van der Waals surface area contributed by atoms with Crippen molar-refractivity contribution >= 4 is 11.5 Å². The maximum absolute atomic E-state index is 6.03. The molecule has 0 aliphatic heterocycles. The summed E-state index contributed by atoms with van der Waals surface area (Å²) in [5.74, 6) is 1.59. The third kappa shape index (κ3) is 4.90. The molecule has 1 aromatic rings. The number of rotatable bonds is 8. The Hall–Kier alpha value is -1.56. The molecule has 1 aromatic heterocycles. The first-order valence-electron chi connectivity index (χ1n) is 6.63. The van der Waals surface area contributed by atoms with E-state index in [0.717, 1.165) is 12.8 Å². The van der Waals surface area contributed by atoms with Crippen molar-refractivity contribution in [2.75, 3.05) is 24.8 Å². The number of nitrogens with two attached hydrogens (primary N) is 1. The van der Waals surface area contributed by atoms with E-state index in [1.54, 1.807) is 7.11 Å². The lowest BCUT2D eigenvalue weighted by atomic mass is 10.3. The summed E-state index contributed by atoms with van der Waals surface area (Å²) in [5, 5.41) is 3.19. The molecule has 0 aliphatic rings. The molecule has 0 saturated carbocycles. The molecule has 0 radical (unpaired) electrons. The van der Waals surface area contributed by atoms with E-state index in [4.69, 9.17) is 15.2 Å². The largest absolute Gasteiger partial charge is 0.476 e. The van der Waals surface area contributed by atoms with Crippen molar-refractivity contribution in [3.8, 4) is 5.88 Å². The molecular weight excluding hydrogens is 244 g/mol. The predicted octanol–water partition coefficient (Wildman–Crippen LogP) is 2.20. The number of ether oxygens (including phenoxy) is 2. The topological polar surface area (TPSA) is 82.3 Å². The van der Waals surface area contributed by atoms with Crippen molar-refractivity contribution in [1.82, 2.24) is 9.97 Å². The average molecular weight is 268 g/mol. The van der Waals surface area contributed by atoms with E-state index in [2.05, 4.69) is 22.2 Å². The second-order valence-corrected chi connectivity index (χ2v) is 4.64. The van der Waals surface area contributed by atoms with Crippen molar-refractivity contribution < 1.29 is 9.47 Å². The second-order valence-electron chi connectivity index (χ2n) is 4.64.